The Kier molecular flexibility index (Phi) is 4.83. The van der Waals surface area contributed by atoms with Crippen LogP contribution in [-0.2, 0) is 6.54 Å². The molecular formula is C12H18F2N2. The second-order valence-electron chi connectivity index (χ2n) is 4.20. The number of hydrogen-bond donors (Lipinski definition) is 2. The van der Waals surface area contributed by atoms with E-state index in [0.29, 0.717) is 24.6 Å². The first-order valence-corrected chi connectivity index (χ1v) is 5.42. The van der Waals surface area contributed by atoms with Crippen molar-refractivity contribution in [2.24, 2.45) is 11.7 Å². The van der Waals surface area contributed by atoms with Gasteiger partial charge in [0.1, 0.15) is 11.6 Å². The van der Waals surface area contributed by atoms with Gasteiger partial charge in [0.25, 0.3) is 0 Å². The van der Waals surface area contributed by atoms with E-state index in [-0.39, 0.29) is 6.04 Å². The van der Waals surface area contributed by atoms with E-state index in [9.17, 15) is 8.78 Å². The molecule has 0 bridgehead atoms. The zero-order valence-electron chi connectivity index (χ0n) is 9.63. The summed E-state index contributed by atoms with van der Waals surface area (Å²) < 4.78 is 26.2. The van der Waals surface area contributed by atoms with E-state index in [0.717, 1.165) is 12.1 Å². The Morgan fingerprint density at radius 1 is 1.31 bits per heavy atom. The molecule has 3 N–H and O–H groups in total. The van der Waals surface area contributed by atoms with Crippen molar-refractivity contribution >= 4 is 0 Å². The SMILES string of the molecule is CC(C)C(CN)NCc1cc(F)ccc1F. The van der Waals surface area contributed by atoms with Crippen LogP contribution >= 0.6 is 0 Å². The van der Waals surface area contributed by atoms with Gasteiger partial charge in [0.2, 0.25) is 0 Å². The van der Waals surface area contributed by atoms with E-state index in [4.69, 9.17) is 5.73 Å². The molecule has 1 aromatic rings. The van der Waals surface area contributed by atoms with Gasteiger partial charge in [0.05, 0.1) is 0 Å². The molecule has 1 unspecified atom stereocenters. The van der Waals surface area contributed by atoms with Crippen LogP contribution in [-0.4, -0.2) is 12.6 Å². The topological polar surface area (TPSA) is 38.0 Å². The van der Waals surface area contributed by atoms with Crippen LogP contribution in [0, 0.1) is 17.6 Å². The molecule has 2 nitrogen and oxygen atoms in total. The molecule has 0 saturated carbocycles. The van der Waals surface area contributed by atoms with Gasteiger partial charge in [-0.05, 0) is 24.1 Å². The van der Waals surface area contributed by atoms with Gasteiger partial charge in [0, 0.05) is 24.7 Å². The van der Waals surface area contributed by atoms with Crippen molar-refractivity contribution in [3.05, 3.63) is 35.4 Å². The van der Waals surface area contributed by atoms with Crippen molar-refractivity contribution in [3.63, 3.8) is 0 Å². The molecule has 0 aliphatic rings. The largest absolute Gasteiger partial charge is 0.329 e. The van der Waals surface area contributed by atoms with Crippen molar-refractivity contribution in [2.75, 3.05) is 6.54 Å². The molecule has 0 heterocycles. The molecule has 0 radical (unpaired) electrons. The first-order chi connectivity index (χ1) is 7.54. The molecule has 0 fully saturated rings. The lowest BCUT2D eigenvalue weighted by Crippen LogP contribution is -2.39. The Morgan fingerprint density at radius 3 is 2.56 bits per heavy atom. The summed E-state index contributed by atoms with van der Waals surface area (Å²) in [5.74, 6) is -0.456. The van der Waals surface area contributed by atoms with Crippen LogP contribution in [0.4, 0.5) is 8.78 Å². The Hall–Kier alpha value is -1.00. The average molecular weight is 228 g/mol. The molecule has 1 rings (SSSR count). The predicted octanol–water partition coefficient (Wildman–Crippen LogP) is 2.04. The highest BCUT2D eigenvalue weighted by molar-refractivity contribution is 5.18. The maximum atomic E-state index is 13.3. The lowest BCUT2D eigenvalue weighted by molar-refractivity contribution is 0.400. The van der Waals surface area contributed by atoms with Crippen LogP contribution in [0.15, 0.2) is 18.2 Å². The predicted molar refractivity (Wildman–Crippen MR) is 60.9 cm³/mol. The monoisotopic (exact) mass is 228 g/mol. The molecular weight excluding hydrogens is 210 g/mol. The minimum absolute atomic E-state index is 0.114. The fourth-order valence-electron chi connectivity index (χ4n) is 1.51. The highest BCUT2D eigenvalue weighted by atomic mass is 19.1. The van der Waals surface area contributed by atoms with Crippen molar-refractivity contribution < 1.29 is 8.78 Å². The standard InChI is InChI=1S/C12H18F2N2/c1-8(2)12(6-15)16-7-9-5-10(13)3-4-11(9)14/h3-5,8,12,16H,6-7,15H2,1-2H3. The normalized spacial score (nSPS) is 13.1. The zero-order chi connectivity index (χ0) is 12.1. The Morgan fingerprint density at radius 2 is 2.00 bits per heavy atom. The molecule has 0 aliphatic heterocycles. The molecule has 1 atom stereocenters. The molecule has 0 spiro atoms. The molecule has 90 valence electrons. The van der Waals surface area contributed by atoms with E-state index in [1.165, 1.54) is 6.07 Å². The second-order valence-corrected chi connectivity index (χ2v) is 4.20. The lowest BCUT2D eigenvalue weighted by Gasteiger charge is -2.20. The fraction of sp³-hybridized carbons (Fsp3) is 0.500. The van der Waals surface area contributed by atoms with Crippen molar-refractivity contribution in [1.82, 2.24) is 5.32 Å². The van der Waals surface area contributed by atoms with Gasteiger partial charge in [-0.2, -0.15) is 0 Å². The lowest BCUT2D eigenvalue weighted by atomic mass is 10.0. The molecule has 0 amide bonds. The van der Waals surface area contributed by atoms with Crippen LogP contribution in [0.5, 0.6) is 0 Å². The van der Waals surface area contributed by atoms with Gasteiger partial charge < -0.3 is 11.1 Å². The maximum absolute atomic E-state index is 13.3. The fourth-order valence-corrected chi connectivity index (χ4v) is 1.51. The Balaban J connectivity index is 2.63. The smallest absolute Gasteiger partial charge is 0.127 e. The van der Waals surface area contributed by atoms with E-state index >= 15 is 0 Å². The zero-order valence-corrected chi connectivity index (χ0v) is 9.63. The van der Waals surface area contributed by atoms with E-state index in [2.05, 4.69) is 5.32 Å². The Labute approximate surface area is 94.8 Å². The molecule has 0 saturated heterocycles. The molecule has 4 heteroatoms. The number of halogens is 2. The third-order valence-corrected chi connectivity index (χ3v) is 2.62. The number of benzene rings is 1. The first kappa shape index (κ1) is 13.1. The third kappa shape index (κ3) is 3.54. The van der Waals surface area contributed by atoms with Crippen LogP contribution < -0.4 is 11.1 Å². The van der Waals surface area contributed by atoms with Crippen LogP contribution in [0.1, 0.15) is 19.4 Å². The summed E-state index contributed by atoms with van der Waals surface area (Å²) in [5, 5.41) is 3.12. The van der Waals surface area contributed by atoms with Gasteiger partial charge in [-0.3, -0.25) is 0 Å². The molecule has 0 aliphatic carbocycles. The van der Waals surface area contributed by atoms with Gasteiger partial charge in [-0.25, -0.2) is 8.78 Å². The minimum Gasteiger partial charge on any atom is -0.329 e. The maximum Gasteiger partial charge on any atom is 0.127 e. The van der Waals surface area contributed by atoms with Gasteiger partial charge in [-0.15, -0.1) is 0 Å². The van der Waals surface area contributed by atoms with Crippen molar-refractivity contribution in [3.8, 4) is 0 Å². The van der Waals surface area contributed by atoms with Crippen molar-refractivity contribution in [1.29, 1.82) is 0 Å². The van der Waals surface area contributed by atoms with Crippen LogP contribution in [0.25, 0.3) is 0 Å². The number of nitrogens with two attached hydrogens (primary N) is 1. The van der Waals surface area contributed by atoms with Gasteiger partial charge in [0.15, 0.2) is 0 Å². The third-order valence-electron chi connectivity index (χ3n) is 2.62. The number of hydrogen-bond acceptors (Lipinski definition) is 2. The second kappa shape index (κ2) is 5.92. The van der Waals surface area contributed by atoms with Crippen LogP contribution in [0.3, 0.4) is 0 Å². The average Bonchev–Trinajstić information content (AvgIpc) is 2.23. The highest BCUT2D eigenvalue weighted by Crippen LogP contribution is 2.10. The van der Waals surface area contributed by atoms with Crippen LogP contribution in [0.2, 0.25) is 0 Å². The quantitative estimate of drug-likeness (QED) is 0.809. The van der Waals surface area contributed by atoms with Gasteiger partial charge >= 0.3 is 0 Å². The molecule has 1 aromatic carbocycles. The van der Waals surface area contributed by atoms with Gasteiger partial charge in [-0.1, -0.05) is 13.8 Å². The number of rotatable bonds is 5. The summed E-state index contributed by atoms with van der Waals surface area (Å²) in [4.78, 5) is 0. The summed E-state index contributed by atoms with van der Waals surface area (Å²) in [5.41, 5.74) is 5.91. The number of nitrogens with one attached hydrogen (secondary N) is 1. The summed E-state index contributed by atoms with van der Waals surface area (Å²) in [6.45, 7) is 4.84. The molecule has 16 heavy (non-hydrogen) atoms. The first-order valence-electron chi connectivity index (χ1n) is 5.42. The summed E-state index contributed by atoms with van der Waals surface area (Å²) in [7, 11) is 0. The summed E-state index contributed by atoms with van der Waals surface area (Å²) in [6, 6.07) is 3.57. The molecule has 0 aromatic heterocycles. The van der Waals surface area contributed by atoms with E-state index in [1.807, 2.05) is 13.8 Å². The Bertz CT molecular complexity index is 340. The van der Waals surface area contributed by atoms with E-state index < -0.39 is 11.6 Å². The highest BCUT2D eigenvalue weighted by Gasteiger charge is 2.11. The van der Waals surface area contributed by atoms with E-state index in [1.54, 1.807) is 0 Å². The summed E-state index contributed by atoms with van der Waals surface area (Å²) >= 11 is 0. The van der Waals surface area contributed by atoms with Crippen molar-refractivity contribution in [2.45, 2.75) is 26.4 Å². The summed E-state index contributed by atoms with van der Waals surface area (Å²) in [6.07, 6.45) is 0. The minimum atomic E-state index is -0.424.